The maximum atomic E-state index is 11.9. The summed E-state index contributed by atoms with van der Waals surface area (Å²) in [4.78, 5) is 16.4. The summed E-state index contributed by atoms with van der Waals surface area (Å²) in [6, 6.07) is 9.38. The van der Waals surface area contributed by atoms with Gasteiger partial charge in [0.25, 0.3) is 0 Å². The second-order valence-electron chi connectivity index (χ2n) is 4.51. The first kappa shape index (κ1) is 16.3. The molecule has 0 atom stereocenters. The highest BCUT2D eigenvalue weighted by molar-refractivity contribution is 8.01. The Morgan fingerprint density at radius 2 is 2.30 bits per heavy atom. The first-order chi connectivity index (χ1) is 11.2. The Kier molecular flexibility index (Phi) is 5.18. The maximum absolute atomic E-state index is 11.9. The summed E-state index contributed by atoms with van der Waals surface area (Å²) in [5, 5.41) is 14.8. The number of thioether (sulfide) groups is 1. The van der Waals surface area contributed by atoms with Gasteiger partial charge in [0.2, 0.25) is 5.91 Å². The Morgan fingerprint density at radius 1 is 1.43 bits per heavy atom. The summed E-state index contributed by atoms with van der Waals surface area (Å²) in [7, 11) is 0. The van der Waals surface area contributed by atoms with E-state index in [2.05, 4.69) is 16.4 Å². The van der Waals surface area contributed by atoms with Gasteiger partial charge in [-0.2, -0.15) is 5.26 Å². The number of carbonyl (C=O) groups is 1. The molecule has 4 nitrogen and oxygen atoms in total. The Hall–Kier alpha value is -1.59. The number of fused-ring (bicyclic) bond motifs is 1. The highest BCUT2D eigenvalue weighted by Gasteiger charge is 2.10. The van der Waals surface area contributed by atoms with E-state index in [1.54, 1.807) is 34.5 Å². The number of halogens is 1. The highest BCUT2D eigenvalue weighted by atomic mass is 35.5. The summed E-state index contributed by atoms with van der Waals surface area (Å²) in [6.45, 7) is 0. The van der Waals surface area contributed by atoms with Crippen LogP contribution in [0.15, 0.2) is 34.0 Å². The number of benzene rings is 1. The fraction of sp³-hybridized carbons (Fsp3) is 0.133. The number of carbonyl (C=O) groups excluding carboxylic acids is 1. The normalized spacial score (nSPS) is 10.6. The maximum Gasteiger partial charge on any atom is 0.225 e. The zero-order chi connectivity index (χ0) is 16.2. The van der Waals surface area contributed by atoms with Crippen LogP contribution in [0.4, 0.5) is 5.00 Å². The van der Waals surface area contributed by atoms with Gasteiger partial charge >= 0.3 is 0 Å². The Labute approximate surface area is 150 Å². The van der Waals surface area contributed by atoms with Crippen molar-refractivity contribution in [2.75, 3.05) is 11.1 Å². The molecular weight excluding hydrogens is 370 g/mol. The quantitative estimate of drug-likeness (QED) is 0.633. The van der Waals surface area contributed by atoms with Gasteiger partial charge in [0, 0.05) is 17.2 Å². The van der Waals surface area contributed by atoms with E-state index in [9.17, 15) is 4.79 Å². The number of nitrogens with zero attached hydrogens (tertiary/aromatic N) is 2. The molecule has 0 aliphatic carbocycles. The minimum absolute atomic E-state index is 0.0967. The van der Waals surface area contributed by atoms with Crippen molar-refractivity contribution in [2.24, 2.45) is 0 Å². The van der Waals surface area contributed by atoms with E-state index >= 15 is 0 Å². The molecule has 0 saturated heterocycles. The first-order valence-corrected chi connectivity index (χ1v) is 9.68. The Balaban J connectivity index is 1.54. The fourth-order valence-corrected chi connectivity index (χ4v) is 4.83. The predicted molar refractivity (Wildman–Crippen MR) is 97.6 cm³/mol. The number of anilines is 1. The molecule has 3 aromatic rings. The van der Waals surface area contributed by atoms with E-state index in [4.69, 9.17) is 16.9 Å². The molecule has 1 N–H and O–H groups in total. The summed E-state index contributed by atoms with van der Waals surface area (Å²) < 4.78 is 2.00. The van der Waals surface area contributed by atoms with Crippen LogP contribution in [0, 0.1) is 11.3 Å². The van der Waals surface area contributed by atoms with Gasteiger partial charge < -0.3 is 5.32 Å². The number of aromatic nitrogens is 1. The van der Waals surface area contributed by atoms with Crippen LogP contribution in [0.5, 0.6) is 0 Å². The van der Waals surface area contributed by atoms with Crippen molar-refractivity contribution in [3.05, 3.63) is 40.2 Å². The molecule has 0 unspecified atom stereocenters. The standard InChI is InChI=1S/C15H10ClN3OS3/c16-10-1-2-12-11(7-10)18-15(23-12)22-6-4-13(20)19-14-9(8-17)3-5-21-14/h1-3,5,7H,4,6H2,(H,19,20). The Bertz CT molecular complexity index is 897. The molecule has 0 bridgehead atoms. The number of rotatable bonds is 5. The Morgan fingerprint density at radius 3 is 3.13 bits per heavy atom. The molecule has 2 aromatic heterocycles. The number of hydrogen-bond donors (Lipinski definition) is 1. The molecule has 0 spiro atoms. The number of hydrogen-bond acceptors (Lipinski definition) is 6. The third-order valence-electron chi connectivity index (χ3n) is 2.92. The third kappa shape index (κ3) is 4.03. The zero-order valence-electron chi connectivity index (χ0n) is 11.7. The van der Waals surface area contributed by atoms with Crippen molar-refractivity contribution in [3.63, 3.8) is 0 Å². The largest absolute Gasteiger partial charge is 0.317 e. The summed E-state index contributed by atoms with van der Waals surface area (Å²) in [5.41, 5.74) is 1.38. The average Bonchev–Trinajstić information content (AvgIpc) is 3.12. The fourth-order valence-electron chi connectivity index (χ4n) is 1.86. The topological polar surface area (TPSA) is 65.8 Å². The lowest BCUT2D eigenvalue weighted by Crippen LogP contribution is -2.11. The van der Waals surface area contributed by atoms with Gasteiger partial charge in [-0.25, -0.2) is 4.98 Å². The van der Waals surface area contributed by atoms with Crippen LogP contribution in [0.3, 0.4) is 0 Å². The predicted octanol–water partition coefficient (Wildman–Crippen LogP) is 5.00. The molecule has 8 heteroatoms. The zero-order valence-corrected chi connectivity index (χ0v) is 14.9. The van der Waals surface area contributed by atoms with Crippen LogP contribution in [0.25, 0.3) is 10.2 Å². The molecule has 0 radical (unpaired) electrons. The van der Waals surface area contributed by atoms with Gasteiger partial charge in [-0.05, 0) is 29.6 Å². The number of thiazole rings is 1. The van der Waals surface area contributed by atoms with Crippen molar-refractivity contribution < 1.29 is 4.79 Å². The number of nitrogens with one attached hydrogen (secondary N) is 1. The summed E-state index contributed by atoms with van der Waals surface area (Å²) >= 11 is 10.4. The molecule has 116 valence electrons. The molecular formula is C15H10ClN3OS3. The van der Waals surface area contributed by atoms with E-state index in [0.29, 0.717) is 27.8 Å². The van der Waals surface area contributed by atoms with E-state index in [1.165, 1.54) is 11.3 Å². The molecule has 0 aliphatic heterocycles. The van der Waals surface area contributed by atoms with Crippen molar-refractivity contribution in [2.45, 2.75) is 10.8 Å². The molecule has 0 aliphatic rings. The first-order valence-electron chi connectivity index (χ1n) is 6.62. The van der Waals surface area contributed by atoms with Crippen molar-refractivity contribution in [1.29, 1.82) is 5.26 Å². The van der Waals surface area contributed by atoms with E-state index in [0.717, 1.165) is 14.6 Å². The second-order valence-corrected chi connectivity index (χ2v) is 8.24. The van der Waals surface area contributed by atoms with Gasteiger partial charge in [-0.1, -0.05) is 23.4 Å². The van der Waals surface area contributed by atoms with Gasteiger partial charge in [-0.3, -0.25) is 4.79 Å². The van der Waals surface area contributed by atoms with E-state index < -0.39 is 0 Å². The number of nitriles is 1. The highest BCUT2D eigenvalue weighted by Crippen LogP contribution is 2.31. The van der Waals surface area contributed by atoms with Crippen LogP contribution < -0.4 is 5.32 Å². The van der Waals surface area contributed by atoms with E-state index in [1.807, 2.05) is 18.2 Å². The average molecular weight is 380 g/mol. The number of amides is 1. The monoisotopic (exact) mass is 379 g/mol. The lowest BCUT2D eigenvalue weighted by Gasteiger charge is -2.02. The van der Waals surface area contributed by atoms with Crippen molar-refractivity contribution >= 4 is 67.2 Å². The SMILES string of the molecule is N#Cc1ccsc1NC(=O)CCSc1nc2cc(Cl)ccc2s1. The second kappa shape index (κ2) is 7.32. The minimum Gasteiger partial charge on any atom is -0.317 e. The summed E-state index contributed by atoms with van der Waals surface area (Å²) in [6.07, 6.45) is 0.365. The van der Waals surface area contributed by atoms with Gasteiger partial charge in [0.15, 0.2) is 4.34 Å². The van der Waals surface area contributed by atoms with Crippen LogP contribution in [0.2, 0.25) is 5.02 Å². The number of thiophene rings is 1. The van der Waals surface area contributed by atoms with Crippen LogP contribution >= 0.6 is 46.0 Å². The van der Waals surface area contributed by atoms with Gasteiger partial charge in [-0.15, -0.1) is 22.7 Å². The van der Waals surface area contributed by atoms with Crippen LogP contribution in [-0.4, -0.2) is 16.6 Å². The molecule has 23 heavy (non-hydrogen) atoms. The lowest BCUT2D eigenvalue weighted by molar-refractivity contribution is -0.115. The van der Waals surface area contributed by atoms with E-state index in [-0.39, 0.29) is 5.91 Å². The molecule has 0 fully saturated rings. The molecule has 1 amide bonds. The molecule has 1 aromatic carbocycles. The minimum atomic E-state index is -0.0967. The van der Waals surface area contributed by atoms with Gasteiger partial charge in [0.1, 0.15) is 11.1 Å². The molecule has 2 heterocycles. The smallest absolute Gasteiger partial charge is 0.225 e. The van der Waals surface area contributed by atoms with Crippen molar-refractivity contribution in [1.82, 2.24) is 4.98 Å². The molecule has 3 rings (SSSR count). The van der Waals surface area contributed by atoms with Crippen LogP contribution in [-0.2, 0) is 4.79 Å². The lowest BCUT2D eigenvalue weighted by atomic mass is 10.3. The van der Waals surface area contributed by atoms with Gasteiger partial charge in [0.05, 0.1) is 15.8 Å². The summed E-state index contributed by atoms with van der Waals surface area (Å²) in [5.74, 6) is 0.535. The van der Waals surface area contributed by atoms with Crippen molar-refractivity contribution in [3.8, 4) is 6.07 Å². The molecule has 0 saturated carbocycles. The van der Waals surface area contributed by atoms with Crippen LogP contribution in [0.1, 0.15) is 12.0 Å². The third-order valence-corrected chi connectivity index (χ3v) is 6.17.